The zero-order chi connectivity index (χ0) is 18.6. The van der Waals surface area contributed by atoms with E-state index in [-0.39, 0.29) is 5.97 Å². The largest absolute Gasteiger partial charge is 0.476 e. The number of nitrogens with one attached hydrogen (secondary N) is 1. The van der Waals surface area contributed by atoms with Crippen molar-refractivity contribution in [2.75, 3.05) is 13.1 Å². The molecule has 2 aromatic rings. The smallest absolute Gasteiger partial charge is 0.350 e. The molecule has 1 saturated heterocycles. The molecule has 0 unspecified atom stereocenters. The van der Waals surface area contributed by atoms with Gasteiger partial charge in [0.2, 0.25) is 0 Å². The van der Waals surface area contributed by atoms with Crippen molar-refractivity contribution in [3.8, 4) is 5.75 Å². The van der Waals surface area contributed by atoms with E-state index in [2.05, 4.69) is 5.32 Å². The fourth-order valence-corrected chi connectivity index (χ4v) is 3.29. The molecule has 0 bridgehead atoms. The van der Waals surface area contributed by atoms with Gasteiger partial charge in [-0.2, -0.15) is 0 Å². The number of benzene rings is 2. The Morgan fingerprint density at radius 1 is 1.04 bits per heavy atom. The second-order valence-electron chi connectivity index (χ2n) is 7.07. The molecule has 3 rings (SSSR count). The van der Waals surface area contributed by atoms with Crippen molar-refractivity contribution < 1.29 is 14.3 Å². The van der Waals surface area contributed by atoms with Crippen molar-refractivity contribution in [3.05, 3.63) is 65.2 Å². The number of esters is 1. The van der Waals surface area contributed by atoms with Crippen molar-refractivity contribution in [2.24, 2.45) is 0 Å². The molecule has 1 N–H and O–H groups in total. The molecule has 0 amide bonds. The molecule has 138 valence electrons. The van der Waals surface area contributed by atoms with Crippen LogP contribution in [-0.4, -0.2) is 24.7 Å². The Bertz CT molecular complexity index is 738. The lowest BCUT2D eigenvalue weighted by Crippen LogP contribution is -2.48. The molecule has 1 heterocycles. The summed E-state index contributed by atoms with van der Waals surface area (Å²) in [5.74, 6) is 0.202. The summed E-state index contributed by atoms with van der Waals surface area (Å²) in [5.41, 5.74) is -0.706. The van der Waals surface area contributed by atoms with Crippen molar-refractivity contribution in [1.29, 1.82) is 0 Å². The van der Waals surface area contributed by atoms with Crippen molar-refractivity contribution >= 4 is 17.6 Å². The molecule has 1 aliphatic heterocycles. The van der Waals surface area contributed by atoms with Gasteiger partial charge in [0.15, 0.2) is 5.60 Å². The summed E-state index contributed by atoms with van der Waals surface area (Å²) in [6, 6.07) is 16.9. The number of ether oxygens (including phenoxy) is 2. The first-order chi connectivity index (χ1) is 12.4. The van der Waals surface area contributed by atoms with Gasteiger partial charge in [-0.05, 0) is 56.8 Å². The molecule has 2 aromatic carbocycles. The predicted octanol–water partition coefficient (Wildman–Crippen LogP) is 4.32. The number of hydrogen-bond donors (Lipinski definition) is 1. The molecule has 5 heteroatoms. The quantitative estimate of drug-likeness (QED) is 0.793. The van der Waals surface area contributed by atoms with Crippen LogP contribution in [0, 0.1) is 0 Å². The molecule has 26 heavy (non-hydrogen) atoms. The third-order valence-corrected chi connectivity index (χ3v) is 4.93. The number of hydrogen-bond acceptors (Lipinski definition) is 4. The van der Waals surface area contributed by atoms with E-state index in [1.54, 1.807) is 38.1 Å². The average molecular weight is 374 g/mol. The molecule has 0 radical (unpaired) electrons. The van der Waals surface area contributed by atoms with E-state index in [4.69, 9.17) is 21.1 Å². The highest BCUT2D eigenvalue weighted by atomic mass is 35.5. The van der Waals surface area contributed by atoms with Crippen LogP contribution in [0.5, 0.6) is 5.75 Å². The first kappa shape index (κ1) is 18.7. The third kappa shape index (κ3) is 4.19. The summed E-state index contributed by atoms with van der Waals surface area (Å²) < 4.78 is 12.0. The minimum Gasteiger partial charge on any atom is -0.476 e. The maximum Gasteiger partial charge on any atom is 0.350 e. The molecule has 4 nitrogen and oxygen atoms in total. The highest BCUT2D eigenvalue weighted by molar-refractivity contribution is 6.30. The van der Waals surface area contributed by atoms with Gasteiger partial charge in [0.05, 0.1) is 0 Å². The van der Waals surface area contributed by atoms with E-state index in [0.29, 0.717) is 10.8 Å². The van der Waals surface area contributed by atoms with Gasteiger partial charge < -0.3 is 14.8 Å². The van der Waals surface area contributed by atoms with Crippen molar-refractivity contribution in [1.82, 2.24) is 5.32 Å². The lowest BCUT2D eigenvalue weighted by molar-refractivity contribution is -0.180. The molecule has 1 fully saturated rings. The van der Waals surface area contributed by atoms with Crippen LogP contribution in [0.1, 0.15) is 32.3 Å². The number of piperidine rings is 1. The first-order valence-corrected chi connectivity index (χ1v) is 9.23. The average Bonchev–Trinajstić information content (AvgIpc) is 2.65. The lowest BCUT2D eigenvalue weighted by Gasteiger charge is -2.39. The van der Waals surface area contributed by atoms with Gasteiger partial charge in [-0.15, -0.1) is 0 Å². The summed E-state index contributed by atoms with van der Waals surface area (Å²) in [6.45, 7) is 5.06. The molecular formula is C21H24ClNO3. The fraction of sp³-hybridized carbons (Fsp3) is 0.381. The summed E-state index contributed by atoms with van der Waals surface area (Å²) in [4.78, 5) is 13.0. The van der Waals surface area contributed by atoms with Crippen LogP contribution in [0.4, 0.5) is 0 Å². The Balaban J connectivity index is 1.79. The van der Waals surface area contributed by atoms with Crippen LogP contribution in [0.2, 0.25) is 5.02 Å². The van der Waals surface area contributed by atoms with E-state index < -0.39 is 11.2 Å². The van der Waals surface area contributed by atoms with Crippen molar-refractivity contribution in [2.45, 2.75) is 37.9 Å². The number of carbonyl (C=O) groups is 1. The normalized spacial score (nSPS) is 16.7. The van der Waals surface area contributed by atoms with Gasteiger partial charge in [-0.3, -0.25) is 0 Å². The van der Waals surface area contributed by atoms with E-state index in [0.717, 1.165) is 31.5 Å². The molecule has 0 atom stereocenters. The molecule has 0 saturated carbocycles. The van der Waals surface area contributed by atoms with Gasteiger partial charge in [-0.25, -0.2) is 4.79 Å². The summed E-state index contributed by atoms with van der Waals surface area (Å²) in [5, 5.41) is 3.95. The van der Waals surface area contributed by atoms with Gasteiger partial charge >= 0.3 is 5.97 Å². The summed E-state index contributed by atoms with van der Waals surface area (Å²) in [7, 11) is 0. The second-order valence-corrected chi connectivity index (χ2v) is 7.50. The monoisotopic (exact) mass is 373 g/mol. The Kier molecular flexibility index (Phi) is 5.54. The first-order valence-electron chi connectivity index (χ1n) is 8.86. The lowest BCUT2D eigenvalue weighted by atomic mass is 9.84. The van der Waals surface area contributed by atoms with Crippen LogP contribution < -0.4 is 10.1 Å². The second kappa shape index (κ2) is 7.68. The zero-order valence-corrected chi connectivity index (χ0v) is 15.9. The summed E-state index contributed by atoms with van der Waals surface area (Å²) in [6.07, 6.45) is 1.47. The topological polar surface area (TPSA) is 47.6 Å². The van der Waals surface area contributed by atoms with Crippen LogP contribution in [0.25, 0.3) is 0 Å². The van der Waals surface area contributed by atoms with Crippen LogP contribution in [0.3, 0.4) is 0 Å². The van der Waals surface area contributed by atoms with E-state index >= 15 is 0 Å². The van der Waals surface area contributed by atoms with E-state index in [1.165, 1.54) is 0 Å². The number of rotatable bonds is 5. The van der Waals surface area contributed by atoms with Crippen molar-refractivity contribution in [3.63, 3.8) is 0 Å². The van der Waals surface area contributed by atoms with Gasteiger partial charge in [0.25, 0.3) is 0 Å². The molecular weight excluding hydrogens is 350 g/mol. The molecule has 1 aliphatic rings. The highest BCUT2D eigenvalue weighted by Gasteiger charge is 2.42. The molecule has 0 aromatic heterocycles. The number of halogens is 1. The fourth-order valence-electron chi connectivity index (χ4n) is 3.16. The van der Waals surface area contributed by atoms with Crippen LogP contribution >= 0.6 is 11.6 Å². The zero-order valence-electron chi connectivity index (χ0n) is 15.1. The van der Waals surface area contributed by atoms with Crippen LogP contribution in [0.15, 0.2) is 54.6 Å². The van der Waals surface area contributed by atoms with Gasteiger partial charge in [-0.1, -0.05) is 41.9 Å². The van der Waals surface area contributed by atoms with Crippen LogP contribution in [-0.2, 0) is 15.1 Å². The summed E-state index contributed by atoms with van der Waals surface area (Å²) >= 11 is 5.91. The highest BCUT2D eigenvalue weighted by Crippen LogP contribution is 2.36. The maximum absolute atomic E-state index is 13.0. The Labute approximate surface area is 159 Å². The minimum absolute atomic E-state index is 0.377. The van der Waals surface area contributed by atoms with Gasteiger partial charge in [0.1, 0.15) is 11.4 Å². The number of carbonyl (C=O) groups excluding carboxylic acids is 1. The Morgan fingerprint density at radius 2 is 1.65 bits per heavy atom. The van der Waals surface area contributed by atoms with E-state index in [9.17, 15) is 4.79 Å². The maximum atomic E-state index is 13.0. The SMILES string of the molecule is CC(C)(Oc1ccc(Cl)cc1)C(=O)OC1(c2ccccc2)CCNCC1. The Hall–Kier alpha value is -2.04. The molecule has 0 spiro atoms. The Morgan fingerprint density at radius 3 is 2.27 bits per heavy atom. The van der Waals surface area contributed by atoms with Gasteiger partial charge in [0, 0.05) is 17.9 Å². The predicted molar refractivity (Wildman–Crippen MR) is 102 cm³/mol. The standard InChI is InChI=1S/C21H24ClNO3/c1-20(2,25-18-10-8-17(22)9-11-18)19(24)26-21(12-14-23-15-13-21)16-6-4-3-5-7-16/h3-11,23H,12-15H2,1-2H3. The molecule has 0 aliphatic carbocycles. The van der Waals surface area contributed by atoms with E-state index in [1.807, 2.05) is 30.3 Å². The minimum atomic E-state index is -1.11. The third-order valence-electron chi connectivity index (χ3n) is 4.68.